The van der Waals surface area contributed by atoms with Crippen LogP contribution in [0.15, 0.2) is 98.1 Å². The molecule has 2 nitrogen and oxygen atoms in total. The van der Waals surface area contributed by atoms with Gasteiger partial charge in [-0.1, -0.05) is 113 Å². The summed E-state index contributed by atoms with van der Waals surface area (Å²) in [4.78, 5) is 0. The average molecular weight is 513 g/mol. The van der Waals surface area contributed by atoms with Gasteiger partial charge in [-0.3, -0.25) is 0 Å². The zero-order chi connectivity index (χ0) is 27.9. The number of nitrogen functional groups attached to an aromatic ring is 2. The van der Waals surface area contributed by atoms with Crippen LogP contribution in [0.4, 0.5) is 11.4 Å². The van der Waals surface area contributed by atoms with E-state index in [0.717, 1.165) is 35.3 Å². The highest BCUT2D eigenvalue weighted by atomic mass is 14.6. The van der Waals surface area contributed by atoms with Crippen LogP contribution in [0, 0.1) is 0 Å². The molecule has 0 radical (unpaired) electrons. The minimum absolute atomic E-state index is 0.284. The van der Waals surface area contributed by atoms with Gasteiger partial charge in [-0.2, -0.15) is 0 Å². The van der Waals surface area contributed by atoms with Gasteiger partial charge in [0, 0.05) is 11.4 Å². The third-order valence-electron chi connectivity index (χ3n) is 8.39. The number of hydrogen-bond acceptors (Lipinski definition) is 2. The fraction of sp³-hybridized carbons (Fsp3) is 0.243. The molecule has 198 valence electrons. The Morgan fingerprint density at radius 3 is 1.38 bits per heavy atom. The first kappa shape index (κ1) is 26.6. The second kappa shape index (κ2) is 10.3. The van der Waals surface area contributed by atoms with Crippen LogP contribution in [-0.4, -0.2) is 0 Å². The molecule has 4 aromatic rings. The van der Waals surface area contributed by atoms with Crippen LogP contribution >= 0.6 is 0 Å². The largest absolute Gasteiger partial charge is 0.398 e. The molecule has 0 amide bonds. The van der Waals surface area contributed by atoms with Crippen molar-refractivity contribution < 1.29 is 0 Å². The number of rotatable bonds is 8. The minimum atomic E-state index is -0.520. The molecule has 1 aliphatic carbocycles. The summed E-state index contributed by atoms with van der Waals surface area (Å²) in [5, 5.41) is 0. The topological polar surface area (TPSA) is 52.0 Å². The molecule has 0 aromatic heterocycles. The van der Waals surface area contributed by atoms with Gasteiger partial charge in [-0.15, -0.1) is 13.2 Å². The highest BCUT2D eigenvalue weighted by molar-refractivity contribution is 5.87. The molecule has 39 heavy (non-hydrogen) atoms. The van der Waals surface area contributed by atoms with Crippen LogP contribution in [-0.2, 0) is 18.3 Å². The van der Waals surface area contributed by atoms with Crippen molar-refractivity contribution >= 4 is 11.4 Å². The van der Waals surface area contributed by atoms with E-state index in [2.05, 4.69) is 114 Å². The zero-order valence-corrected chi connectivity index (χ0v) is 23.7. The van der Waals surface area contributed by atoms with Crippen LogP contribution < -0.4 is 11.5 Å². The molecule has 4 N–H and O–H groups in total. The highest BCUT2D eigenvalue weighted by Crippen LogP contribution is 2.57. The van der Waals surface area contributed by atoms with E-state index in [1.54, 1.807) is 0 Å². The van der Waals surface area contributed by atoms with Crippen molar-refractivity contribution in [3.8, 4) is 11.1 Å². The molecule has 0 atom stereocenters. The molecule has 2 heteroatoms. The second-order valence-electron chi connectivity index (χ2n) is 11.4. The molecule has 5 rings (SSSR count). The Balaban J connectivity index is 2.00. The van der Waals surface area contributed by atoms with Crippen molar-refractivity contribution in [1.29, 1.82) is 0 Å². The van der Waals surface area contributed by atoms with Crippen LogP contribution in [0.25, 0.3) is 11.1 Å². The summed E-state index contributed by atoms with van der Waals surface area (Å²) in [6.45, 7) is 17.0. The quantitative estimate of drug-likeness (QED) is 0.161. The molecule has 1 aliphatic rings. The Morgan fingerprint density at radius 2 is 1.03 bits per heavy atom. The summed E-state index contributed by atoms with van der Waals surface area (Å²) in [7, 11) is 0. The molecule has 0 saturated carbocycles. The first-order chi connectivity index (χ1) is 18.7. The fourth-order valence-electron chi connectivity index (χ4n) is 6.54. The summed E-state index contributed by atoms with van der Waals surface area (Å²) in [6.07, 6.45) is 5.34. The monoisotopic (exact) mass is 512 g/mol. The number of benzene rings is 4. The normalized spacial score (nSPS) is 13.4. The Hall–Kier alpha value is -4.04. The maximum atomic E-state index is 6.78. The summed E-state index contributed by atoms with van der Waals surface area (Å²) >= 11 is 0. The Kier molecular flexibility index (Phi) is 6.99. The van der Waals surface area contributed by atoms with Gasteiger partial charge in [0.25, 0.3) is 0 Å². The Morgan fingerprint density at radius 1 is 0.641 bits per heavy atom. The van der Waals surface area contributed by atoms with Crippen molar-refractivity contribution in [2.45, 2.75) is 57.8 Å². The van der Waals surface area contributed by atoms with E-state index in [0.29, 0.717) is 0 Å². The molecule has 0 unspecified atom stereocenters. The van der Waals surface area contributed by atoms with E-state index in [9.17, 15) is 0 Å². The third kappa shape index (κ3) is 4.10. The summed E-state index contributed by atoms with van der Waals surface area (Å²) in [5.41, 5.74) is 27.0. The highest BCUT2D eigenvalue weighted by Gasteiger charge is 2.46. The molecule has 0 saturated heterocycles. The van der Waals surface area contributed by atoms with Gasteiger partial charge in [0.05, 0.1) is 5.41 Å². The first-order valence-electron chi connectivity index (χ1n) is 14.0. The second-order valence-corrected chi connectivity index (χ2v) is 11.4. The number of nitrogens with two attached hydrogens (primary N) is 2. The van der Waals surface area contributed by atoms with Crippen molar-refractivity contribution in [2.24, 2.45) is 0 Å². The average Bonchev–Trinajstić information content (AvgIpc) is 3.22. The van der Waals surface area contributed by atoms with Gasteiger partial charge in [0.1, 0.15) is 0 Å². The van der Waals surface area contributed by atoms with E-state index in [1.165, 1.54) is 44.5 Å². The van der Waals surface area contributed by atoms with Crippen LogP contribution in [0.2, 0.25) is 0 Å². The van der Waals surface area contributed by atoms with E-state index in [4.69, 9.17) is 11.5 Å². The molecular formula is C37H40N2. The van der Waals surface area contributed by atoms with Crippen molar-refractivity contribution in [2.75, 3.05) is 11.5 Å². The van der Waals surface area contributed by atoms with E-state index >= 15 is 0 Å². The summed E-state index contributed by atoms with van der Waals surface area (Å²) in [5.74, 6) is 0.567. The van der Waals surface area contributed by atoms with Crippen molar-refractivity contribution in [1.82, 2.24) is 0 Å². The molecule has 0 aliphatic heterocycles. The maximum absolute atomic E-state index is 6.78. The first-order valence-corrected chi connectivity index (χ1v) is 14.0. The molecule has 0 spiro atoms. The minimum Gasteiger partial charge on any atom is -0.398 e. The summed E-state index contributed by atoms with van der Waals surface area (Å²) < 4.78 is 0. The van der Waals surface area contributed by atoms with Gasteiger partial charge >= 0.3 is 0 Å². The lowest BCUT2D eigenvalue weighted by Crippen LogP contribution is -2.30. The molecular weight excluding hydrogens is 472 g/mol. The number of hydrogen-bond donors (Lipinski definition) is 2. The Labute approximate surface area is 234 Å². The van der Waals surface area contributed by atoms with Crippen molar-refractivity contribution in [3.63, 3.8) is 0 Å². The lowest BCUT2D eigenvalue weighted by molar-refractivity contribution is 0.750. The predicted molar refractivity (Wildman–Crippen MR) is 169 cm³/mol. The van der Waals surface area contributed by atoms with E-state index < -0.39 is 5.41 Å². The van der Waals surface area contributed by atoms with Crippen LogP contribution in [0.1, 0.15) is 84.0 Å². The molecule has 0 bridgehead atoms. The zero-order valence-electron chi connectivity index (χ0n) is 23.7. The van der Waals surface area contributed by atoms with E-state index in [-0.39, 0.29) is 11.8 Å². The Bertz CT molecular complexity index is 1450. The van der Waals surface area contributed by atoms with Gasteiger partial charge in [-0.05, 0) is 80.3 Å². The number of allylic oxidation sites excluding steroid dienone is 2. The van der Waals surface area contributed by atoms with E-state index in [1.807, 2.05) is 12.2 Å². The van der Waals surface area contributed by atoms with Gasteiger partial charge in [0.2, 0.25) is 0 Å². The van der Waals surface area contributed by atoms with Gasteiger partial charge < -0.3 is 11.5 Å². The number of anilines is 2. The van der Waals surface area contributed by atoms with Crippen LogP contribution in [0.5, 0.6) is 0 Å². The van der Waals surface area contributed by atoms with Gasteiger partial charge in [-0.25, -0.2) is 0 Å². The molecule has 0 fully saturated rings. The lowest BCUT2D eigenvalue weighted by Gasteiger charge is -2.36. The fourth-order valence-corrected chi connectivity index (χ4v) is 6.54. The van der Waals surface area contributed by atoms with Gasteiger partial charge in [0.15, 0.2) is 0 Å². The SMILES string of the molecule is C=CCc1cc(C2(c3cc(CC=C)c(N)c(C(C)C)c3)c3ccccc3-c3ccccc32)cc(C(C)C)c1N. The third-order valence-corrected chi connectivity index (χ3v) is 8.39. The lowest BCUT2D eigenvalue weighted by atomic mass is 9.65. The smallest absolute Gasteiger partial charge is 0.0714 e. The number of fused-ring (bicyclic) bond motifs is 3. The molecule has 0 heterocycles. The summed E-state index contributed by atoms with van der Waals surface area (Å²) in [6, 6.07) is 27.1. The predicted octanol–water partition coefficient (Wildman–Crippen LogP) is 8.92. The molecule has 4 aromatic carbocycles. The van der Waals surface area contributed by atoms with Crippen LogP contribution in [0.3, 0.4) is 0 Å². The van der Waals surface area contributed by atoms with Crippen molar-refractivity contribution in [3.05, 3.63) is 143 Å². The standard InChI is InChI=1S/C37H40N2/c1-7-13-25-19-27(21-31(23(3)4)35(25)38)37(28-20-26(14-8-2)36(39)32(22-28)24(5)6)33-17-11-9-15-29(33)30-16-10-12-18-34(30)37/h7-12,15-24H,1-2,13-14,38-39H2,3-6H3. The maximum Gasteiger partial charge on any atom is 0.0714 e.